The lowest BCUT2D eigenvalue weighted by Gasteiger charge is -2.23. The molecule has 0 bridgehead atoms. The smallest absolute Gasteiger partial charge is 0.230 e. The molecule has 3 heteroatoms. The minimum Gasteiger partial charge on any atom is -0.495 e. The number of amides is 1. The lowest BCUT2D eigenvalue weighted by Crippen LogP contribution is -2.30. The van der Waals surface area contributed by atoms with Gasteiger partial charge in [-0.25, -0.2) is 0 Å². The summed E-state index contributed by atoms with van der Waals surface area (Å²) in [5, 5.41) is 2.92. The zero-order valence-corrected chi connectivity index (χ0v) is 11.0. The van der Waals surface area contributed by atoms with Crippen LogP contribution >= 0.6 is 0 Å². The average Bonchev–Trinajstić information content (AvgIpc) is 2.29. The lowest BCUT2D eigenvalue weighted by atomic mass is 9.87. The average molecular weight is 235 g/mol. The minimum absolute atomic E-state index is 0.0313. The van der Waals surface area contributed by atoms with Gasteiger partial charge in [-0.15, -0.1) is 0 Å². The quantitative estimate of drug-likeness (QED) is 0.848. The van der Waals surface area contributed by atoms with Gasteiger partial charge in [-0.2, -0.15) is 0 Å². The number of methoxy groups -OCH3 is 1. The topological polar surface area (TPSA) is 38.3 Å². The van der Waals surface area contributed by atoms with E-state index >= 15 is 0 Å². The molecule has 0 saturated carbocycles. The van der Waals surface area contributed by atoms with Gasteiger partial charge in [0.25, 0.3) is 0 Å². The Balaban J connectivity index is 2.80. The molecule has 0 atom stereocenters. The Hall–Kier alpha value is -1.51. The Morgan fingerprint density at radius 3 is 2.59 bits per heavy atom. The third kappa shape index (κ3) is 3.48. The van der Waals surface area contributed by atoms with E-state index in [1.165, 1.54) is 0 Å². The van der Waals surface area contributed by atoms with Crippen molar-refractivity contribution in [2.24, 2.45) is 5.41 Å². The number of carbonyl (C=O) groups excluding carboxylic acids is 1. The van der Waals surface area contributed by atoms with Crippen LogP contribution in [-0.2, 0) is 4.79 Å². The lowest BCUT2D eigenvalue weighted by molar-refractivity contribution is -0.124. The third-order valence-electron chi connectivity index (χ3n) is 2.84. The Bertz CT molecular complexity index is 386. The van der Waals surface area contributed by atoms with Crippen LogP contribution < -0.4 is 10.1 Å². The molecule has 0 aliphatic rings. The molecule has 0 aliphatic heterocycles. The number of rotatable bonds is 5. The first kappa shape index (κ1) is 13.6. The zero-order chi connectivity index (χ0) is 12.9. The van der Waals surface area contributed by atoms with Crippen molar-refractivity contribution in [2.75, 3.05) is 12.4 Å². The largest absolute Gasteiger partial charge is 0.495 e. The van der Waals surface area contributed by atoms with E-state index in [1.54, 1.807) is 7.11 Å². The summed E-state index contributed by atoms with van der Waals surface area (Å²) in [5.74, 6) is 0.719. The Kier molecular flexibility index (Phi) is 4.55. The van der Waals surface area contributed by atoms with Crippen molar-refractivity contribution in [3.8, 4) is 5.75 Å². The maximum Gasteiger partial charge on any atom is 0.230 e. The second-order valence-electron chi connectivity index (χ2n) is 4.79. The van der Waals surface area contributed by atoms with Crippen molar-refractivity contribution in [1.82, 2.24) is 0 Å². The fraction of sp³-hybridized carbons (Fsp3) is 0.500. The number of benzene rings is 1. The van der Waals surface area contributed by atoms with Gasteiger partial charge in [-0.05, 0) is 18.6 Å². The van der Waals surface area contributed by atoms with Crippen molar-refractivity contribution in [3.05, 3.63) is 24.3 Å². The molecular weight excluding hydrogens is 214 g/mol. The SMILES string of the molecule is CCCC(C)(C)C(=O)Nc1ccccc1OC. The van der Waals surface area contributed by atoms with E-state index in [1.807, 2.05) is 38.1 Å². The number of hydrogen-bond donors (Lipinski definition) is 1. The van der Waals surface area contributed by atoms with Gasteiger partial charge in [-0.1, -0.05) is 39.3 Å². The maximum absolute atomic E-state index is 12.1. The van der Waals surface area contributed by atoms with E-state index in [-0.39, 0.29) is 11.3 Å². The number of carbonyl (C=O) groups is 1. The van der Waals surface area contributed by atoms with Crippen molar-refractivity contribution >= 4 is 11.6 Å². The molecule has 0 unspecified atom stereocenters. The molecule has 1 aromatic carbocycles. The highest BCUT2D eigenvalue weighted by molar-refractivity contribution is 5.96. The standard InChI is InChI=1S/C14H21NO2/c1-5-10-14(2,3)13(16)15-11-8-6-7-9-12(11)17-4/h6-9H,5,10H2,1-4H3,(H,15,16). The summed E-state index contributed by atoms with van der Waals surface area (Å²) in [6.45, 7) is 6.00. The van der Waals surface area contributed by atoms with E-state index in [4.69, 9.17) is 4.74 Å². The first-order valence-electron chi connectivity index (χ1n) is 5.95. The summed E-state index contributed by atoms with van der Waals surface area (Å²) in [6, 6.07) is 7.44. The molecule has 0 aromatic heterocycles. The minimum atomic E-state index is -0.352. The predicted molar refractivity (Wildman–Crippen MR) is 70.3 cm³/mol. The first-order chi connectivity index (χ1) is 8.01. The molecule has 0 radical (unpaired) electrons. The highest BCUT2D eigenvalue weighted by Gasteiger charge is 2.26. The summed E-state index contributed by atoms with van der Waals surface area (Å²) < 4.78 is 5.20. The van der Waals surface area contributed by atoms with Gasteiger partial charge in [-0.3, -0.25) is 4.79 Å². The van der Waals surface area contributed by atoms with Crippen molar-refractivity contribution in [3.63, 3.8) is 0 Å². The van der Waals surface area contributed by atoms with Crippen LogP contribution in [0.25, 0.3) is 0 Å². The third-order valence-corrected chi connectivity index (χ3v) is 2.84. The number of nitrogens with one attached hydrogen (secondary N) is 1. The number of hydrogen-bond acceptors (Lipinski definition) is 2. The molecule has 1 amide bonds. The van der Waals surface area contributed by atoms with E-state index in [0.717, 1.165) is 18.5 Å². The van der Waals surface area contributed by atoms with Gasteiger partial charge in [0.15, 0.2) is 0 Å². The molecule has 0 fully saturated rings. The van der Waals surface area contributed by atoms with Crippen LogP contribution in [-0.4, -0.2) is 13.0 Å². The Morgan fingerprint density at radius 1 is 1.35 bits per heavy atom. The van der Waals surface area contributed by atoms with Crippen LogP contribution in [0.1, 0.15) is 33.6 Å². The van der Waals surface area contributed by atoms with E-state index in [2.05, 4.69) is 12.2 Å². The molecule has 94 valence electrons. The van der Waals surface area contributed by atoms with Gasteiger partial charge >= 0.3 is 0 Å². The Morgan fingerprint density at radius 2 is 2.00 bits per heavy atom. The van der Waals surface area contributed by atoms with Crippen LogP contribution in [0, 0.1) is 5.41 Å². The van der Waals surface area contributed by atoms with Crippen LogP contribution in [0.3, 0.4) is 0 Å². The molecule has 0 spiro atoms. The monoisotopic (exact) mass is 235 g/mol. The van der Waals surface area contributed by atoms with Gasteiger partial charge in [0.05, 0.1) is 12.8 Å². The van der Waals surface area contributed by atoms with Crippen LogP contribution in [0.15, 0.2) is 24.3 Å². The van der Waals surface area contributed by atoms with Crippen LogP contribution in [0.4, 0.5) is 5.69 Å². The first-order valence-corrected chi connectivity index (χ1v) is 5.95. The normalized spacial score (nSPS) is 11.1. The van der Waals surface area contributed by atoms with E-state index in [0.29, 0.717) is 5.75 Å². The van der Waals surface area contributed by atoms with Gasteiger partial charge in [0, 0.05) is 5.41 Å². The molecule has 1 N–H and O–H groups in total. The summed E-state index contributed by atoms with van der Waals surface area (Å²) in [7, 11) is 1.60. The van der Waals surface area contributed by atoms with E-state index < -0.39 is 0 Å². The fourth-order valence-electron chi connectivity index (χ4n) is 1.78. The summed E-state index contributed by atoms with van der Waals surface area (Å²) in [6.07, 6.45) is 1.86. The van der Waals surface area contributed by atoms with Crippen molar-refractivity contribution in [2.45, 2.75) is 33.6 Å². The zero-order valence-electron chi connectivity index (χ0n) is 11.0. The molecule has 0 aliphatic carbocycles. The Labute approximate surface area is 103 Å². The molecule has 17 heavy (non-hydrogen) atoms. The summed E-state index contributed by atoms with van der Waals surface area (Å²) >= 11 is 0. The molecule has 1 aromatic rings. The summed E-state index contributed by atoms with van der Waals surface area (Å²) in [4.78, 5) is 12.1. The predicted octanol–water partition coefficient (Wildman–Crippen LogP) is 3.46. The second-order valence-corrected chi connectivity index (χ2v) is 4.79. The fourth-order valence-corrected chi connectivity index (χ4v) is 1.78. The van der Waals surface area contributed by atoms with Crippen LogP contribution in [0.5, 0.6) is 5.75 Å². The van der Waals surface area contributed by atoms with Crippen molar-refractivity contribution < 1.29 is 9.53 Å². The number of ether oxygens (including phenoxy) is 1. The van der Waals surface area contributed by atoms with Gasteiger partial charge < -0.3 is 10.1 Å². The highest BCUT2D eigenvalue weighted by atomic mass is 16.5. The molecule has 1 rings (SSSR count). The maximum atomic E-state index is 12.1. The summed E-state index contributed by atoms with van der Waals surface area (Å²) in [5.41, 5.74) is 0.375. The van der Waals surface area contributed by atoms with Gasteiger partial charge in [0.1, 0.15) is 5.75 Å². The molecule has 3 nitrogen and oxygen atoms in total. The molecule has 0 saturated heterocycles. The van der Waals surface area contributed by atoms with Crippen LogP contribution in [0.2, 0.25) is 0 Å². The van der Waals surface area contributed by atoms with Crippen molar-refractivity contribution in [1.29, 1.82) is 0 Å². The highest BCUT2D eigenvalue weighted by Crippen LogP contribution is 2.28. The second kappa shape index (κ2) is 5.71. The molecule has 0 heterocycles. The molecular formula is C14H21NO2. The number of anilines is 1. The van der Waals surface area contributed by atoms with Gasteiger partial charge in [0.2, 0.25) is 5.91 Å². The number of para-hydroxylation sites is 2. The van der Waals surface area contributed by atoms with E-state index in [9.17, 15) is 4.79 Å².